The predicted molar refractivity (Wildman–Crippen MR) is 101 cm³/mol. The first-order valence-corrected chi connectivity index (χ1v) is 8.76. The quantitative estimate of drug-likeness (QED) is 0.581. The van der Waals surface area contributed by atoms with Crippen molar-refractivity contribution in [3.63, 3.8) is 0 Å². The molecular formula is C19H16N4OS. The summed E-state index contributed by atoms with van der Waals surface area (Å²) in [6.07, 6.45) is 4.01. The largest absolute Gasteiger partial charge is 0.345 e. The molecule has 2 N–H and O–H groups in total. The molecule has 25 heavy (non-hydrogen) atoms. The monoisotopic (exact) mass is 348 g/mol. The molecule has 5 nitrogen and oxygen atoms in total. The maximum absolute atomic E-state index is 12.2. The summed E-state index contributed by atoms with van der Waals surface area (Å²) in [4.78, 5) is 25.4. The fourth-order valence-corrected chi connectivity index (χ4v) is 3.64. The molecule has 4 aromatic rings. The maximum atomic E-state index is 12.2. The number of aromatic amines is 1. The molecule has 3 aromatic heterocycles. The van der Waals surface area contributed by atoms with Crippen molar-refractivity contribution in [2.75, 3.05) is 5.32 Å². The van der Waals surface area contributed by atoms with Gasteiger partial charge in [-0.3, -0.25) is 4.79 Å². The van der Waals surface area contributed by atoms with Crippen LogP contribution >= 0.6 is 11.3 Å². The Bertz CT molecular complexity index is 1040. The van der Waals surface area contributed by atoms with Crippen molar-refractivity contribution in [3.8, 4) is 11.3 Å². The Hall–Kier alpha value is -2.99. The van der Waals surface area contributed by atoms with E-state index in [1.807, 2.05) is 55.6 Å². The molecule has 0 saturated heterocycles. The summed E-state index contributed by atoms with van der Waals surface area (Å²) in [6, 6.07) is 13.6. The Labute approximate surface area is 148 Å². The van der Waals surface area contributed by atoms with Gasteiger partial charge in [0.25, 0.3) is 0 Å². The Morgan fingerprint density at radius 1 is 1.20 bits per heavy atom. The van der Waals surface area contributed by atoms with Crippen molar-refractivity contribution in [1.29, 1.82) is 0 Å². The minimum absolute atomic E-state index is 0.0629. The minimum Gasteiger partial charge on any atom is -0.345 e. The number of pyridine rings is 1. The second-order valence-electron chi connectivity index (χ2n) is 5.74. The molecule has 3 heterocycles. The van der Waals surface area contributed by atoms with E-state index in [2.05, 4.69) is 20.3 Å². The van der Waals surface area contributed by atoms with Gasteiger partial charge in [0, 0.05) is 28.2 Å². The van der Waals surface area contributed by atoms with E-state index in [9.17, 15) is 4.79 Å². The topological polar surface area (TPSA) is 70.7 Å². The summed E-state index contributed by atoms with van der Waals surface area (Å²) < 4.78 is 0. The fraction of sp³-hybridized carbons (Fsp3) is 0.105. The summed E-state index contributed by atoms with van der Waals surface area (Å²) in [7, 11) is 0. The number of aromatic nitrogens is 3. The van der Waals surface area contributed by atoms with Crippen LogP contribution < -0.4 is 5.32 Å². The number of H-pyrrole nitrogens is 1. The lowest BCUT2D eigenvalue weighted by atomic mass is 10.1. The molecule has 1 amide bonds. The highest BCUT2D eigenvalue weighted by Gasteiger charge is 2.15. The van der Waals surface area contributed by atoms with Gasteiger partial charge in [0.15, 0.2) is 5.13 Å². The molecule has 1 aromatic carbocycles. The van der Waals surface area contributed by atoms with Gasteiger partial charge in [-0.1, -0.05) is 30.3 Å². The van der Waals surface area contributed by atoms with E-state index in [1.165, 1.54) is 11.3 Å². The molecule has 0 atom stereocenters. The molecule has 0 aliphatic carbocycles. The van der Waals surface area contributed by atoms with Crippen molar-refractivity contribution < 1.29 is 4.79 Å². The molecule has 0 bridgehead atoms. The van der Waals surface area contributed by atoms with E-state index in [0.717, 1.165) is 32.7 Å². The number of carbonyl (C=O) groups is 1. The molecule has 0 aliphatic heterocycles. The highest BCUT2D eigenvalue weighted by Crippen LogP contribution is 2.34. The number of anilines is 1. The lowest BCUT2D eigenvalue weighted by molar-refractivity contribution is -0.115. The Morgan fingerprint density at radius 3 is 2.88 bits per heavy atom. The van der Waals surface area contributed by atoms with Crippen LogP contribution in [0.1, 0.15) is 10.4 Å². The highest BCUT2D eigenvalue weighted by atomic mass is 32.1. The van der Waals surface area contributed by atoms with Gasteiger partial charge in [0.2, 0.25) is 5.91 Å². The third kappa shape index (κ3) is 3.16. The Kier molecular flexibility index (Phi) is 4.03. The lowest BCUT2D eigenvalue weighted by Gasteiger charge is -2.01. The van der Waals surface area contributed by atoms with E-state index in [1.54, 1.807) is 6.20 Å². The normalized spacial score (nSPS) is 10.9. The molecule has 0 aliphatic rings. The number of hydrogen-bond acceptors (Lipinski definition) is 4. The fourth-order valence-electron chi connectivity index (χ4n) is 2.80. The van der Waals surface area contributed by atoms with Gasteiger partial charge in [0.05, 0.1) is 12.1 Å². The molecule has 0 fully saturated rings. The summed E-state index contributed by atoms with van der Waals surface area (Å²) in [5.74, 6) is -0.0629. The number of amides is 1. The number of benzene rings is 1. The van der Waals surface area contributed by atoms with Crippen molar-refractivity contribution >= 4 is 33.4 Å². The number of hydrogen-bond donors (Lipinski definition) is 2. The average molecular weight is 348 g/mol. The van der Waals surface area contributed by atoms with Crippen LogP contribution in [0.4, 0.5) is 5.13 Å². The van der Waals surface area contributed by atoms with E-state index in [-0.39, 0.29) is 5.91 Å². The van der Waals surface area contributed by atoms with Gasteiger partial charge in [-0.05, 0) is 24.6 Å². The lowest BCUT2D eigenvalue weighted by Crippen LogP contribution is -2.14. The number of fused-ring (bicyclic) bond motifs is 1. The second-order valence-corrected chi connectivity index (χ2v) is 6.94. The molecule has 0 spiro atoms. The van der Waals surface area contributed by atoms with E-state index < -0.39 is 0 Å². The number of rotatable bonds is 4. The summed E-state index contributed by atoms with van der Waals surface area (Å²) in [5, 5.41) is 4.55. The Morgan fingerprint density at radius 2 is 2.04 bits per heavy atom. The maximum Gasteiger partial charge on any atom is 0.230 e. The molecule has 4 rings (SSSR count). The summed E-state index contributed by atoms with van der Waals surface area (Å²) in [5.41, 5.74) is 3.69. The van der Waals surface area contributed by atoms with Gasteiger partial charge < -0.3 is 10.3 Å². The first kappa shape index (κ1) is 15.5. The minimum atomic E-state index is -0.0629. The third-order valence-electron chi connectivity index (χ3n) is 3.96. The molecule has 124 valence electrons. The van der Waals surface area contributed by atoms with E-state index in [4.69, 9.17) is 0 Å². The van der Waals surface area contributed by atoms with Crippen molar-refractivity contribution in [2.24, 2.45) is 0 Å². The van der Waals surface area contributed by atoms with Gasteiger partial charge >= 0.3 is 0 Å². The van der Waals surface area contributed by atoms with Crippen LogP contribution in [-0.2, 0) is 11.2 Å². The standard InChI is InChI=1S/C19H16N4OS/c1-12-17(15-11-21-18-14(15)8-5-9-20-18)23-19(25-12)22-16(24)10-13-6-3-2-4-7-13/h2-9,11H,10H2,1H3,(H,20,21)(H,22,23,24). The van der Waals surface area contributed by atoms with Gasteiger partial charge in [-0.25, -0.2) is 9.97 Å². The van der Waals surface area contributed by atoms with Crippen LogP contribution in [0.15, 0.2) is 54.9 Å². The summed E-state index contributed by atoms with van der Waals surface area (Å²) in [6.45, 7) is 2.01. The van der Waals surface area contributed by atoms with Gasteiger partial charge in [0.1, 0.15) is 5.65 Å². The van der Waals surface area contributed by atoms with Crippen LogP contribution in [-0.4, -0.2) is 20.9 Å². The second kappa shape index (κ2) is 6.49. The van der Waals surface area contributed by atoms with E-state index in [0.29, 0.717) is 11.6 Å². The van der Waals surface area contributed by atoms with Crippen molar-refractivity contribution in [1.82, 2.24) is 15.0 Å². The zero-order chi connectivity index (χ0) is 17.2. The first-order valence-electron chi connectivity index (χ1n) is 7.94. The SMILES string of the molecule is Cc1sc(NC(=O)Cc2ccccc2)nc1-c1c[nH]c2ncccc12. The van der Waals surface area contributed by atoms with Crippen LogP contribution in [0.25, 0.3) is 22.3 Å². The number of carbonyl (C=O) groups excluding carboxylic acids is 1. The van der Waals surface area contributed by atoms with Crippen LogP contribution in [0.3, 0.4) is 0 Å². The van der Waals surface area contributed by atoms with Crippen molar-refractivity contribution in [2.45, 2.75) is 13.3 Å². The number of nitrogens with one attached hydrogen (secondary N) is 2. The molecule has 0 saturated carbocycles. The van der Waals surface area contributed by atoms with Gasteiger partial charge in [-0.15, -0.1) is 11.3 Å². The Balaban J connectivity index is 1.57. The summed E-state index contributed by atoms with van der Waals surface area (Å²) >= 11 is 1.48. The van der Waals surface area contributed by atoms with E-state index >= 15 is 0 Å². The number of thiazole rings is 1. The average Bonchev–Trinajstić information content (AvgIpc) is 3.18. The smallest absolute Gasteiger partial charge is 0.230 e. The zero-order valence-corrected chi connectivity index (χ0v) is 14.4. The van der Waals surface area contributed by atoms with Crippen LogP contribution in [0.5, 0.6) is 0 Å². The molecule has 6 heteroatoms. The van der Waals surface area contributed by atoms with Crippen LogP contribution in [0.2, 0.25) is 0 Å². The first-order chi connectivity index (χ1) is 12.2. The molecule has 0 unspecified atom stereocenters. The number of nitrogens with zero attached hydrogens (tertiary/aromatic N) is 2. The third-order valence-corrected chi connectivity index (χ3v) is 4.84. The zero-order valence-electron chi connectivity index (χ0n) is 13.6. The van der Waals surface area contributed by atoms with Crippen LogP contribution in [0, 0.1) is 6.92 Å². The van der Waals surface area contributed by atoms with Gasteiger partial charge in [-0.2, -0.15) is 0 Å². The molecule has 0 radical (unpaired) electrons. The highest BCUT2D eigenvalue weighted by molar-refractivity contribution is 7.16. The number of aryl methyl sites for hydroxylation is 1. The predicted octanol–water partition coefficient (Wildman–Crippen LogP) is 4.18. The van der Waals surface area contributed by atoms with Crippen molar-refractivity contribution in [3.05, 3.63) is 65.3 Å². The molecular weight excluding hydrogens is 332 g/mol.